The summed E-state index contributed by atoms with van der Waals surface area (Å²) >= 11 is 0. The van der Waals surface area contributed by atoms with E-state index in [-0.39, 0.29) is 11.5 Å². The van der Waals surface area contributed by atoms with E-state index in [9.17, 15) is 5.11 Å². The minimum absolute atomic E-state index is 0.153. The molecule has 0 amide bonds. The van der Waals surface area contributed by atoms with Crippen molar-refractivity contribution in [2.24, 2.45) is 5.41 Å². The molecule has 1 aromatic rings. The van der Waals surface area contributed by atoms with Crippen LogP contribution < -0.4 is 5.32 Å². The van der Waals surface area contributed by atoms with Crippen LogP contribution >= 0.6 is 0 Å². The number of hydrogen-bond donors (Lipinski definition) is 2. The molecule has 1 aromatic carbocycles. The lowest BCUT2D eigenvalue weighted by Gasteiger charge is -2.47. The summed E-state index contributed by atoms with van der Waals surface area (Å²) in [5.74, 6) is 0. The van der Waals surface area contributed by atoms with Gasteiger partial charge in [0.25, 0.3) is 0 Å². The van der Waals surface area contributed by atoms with Crippen LogP contribution in [0.2, 0.25) is 0 Å². The molecule has 3 heteroatoms. The summed E-state index contributed by atoms with van der Waals surface area (Å²) in [6.07, 6.45) is 3.26. The van der Waals surface area contributed by atoms with E-state index in [0.717, 1.165) is 52.0 Å². The minimum atomic E-state index is -0.153. The van der Waals surface area contributed by atoms with E-state index in [1.165, 1.54) is 5.56 Å². The number of rotatable bonds is 2. The first-order chi connectivity index (χ1) is 9.28. The Bertz CT molecular complexity index is 398. The second-order valence-corrected chi connectivity index (χ2v) is 6.09. The highest BCUT2D eigenvalue weighted by atomic mass is 16.3. The third-order valence-corrected chi connectivity index (χ3v) is 4.95. The largest absolute Gasteiger partial charge is 0.391 e. The van der Waals surface area contributed by atoms with Crippen molar-refractivity contribution in [1.29, 1.82) is 0 Å². The summed E-state index contributed by atoms with van der Waals surface area (Å²) in [4.78, 5) is 2.52. The van der Waals surface area contributed by atoms with E-state index >= 15 is 0 Å². The van der Waals surface area contributed by atoms with Crippen molar-refractivity contribution < 1.29 is 5.11 Å². The number of hydrogen-bond acceptors (Lipinski definition) is 3. The summed E-state index contributed by atoms with van der Waals surface area (Å²) in [5, 5.41) is 13.6. The Balaban J connectivity index is 1.57. The van der Waals surface area contributed by atoms with Crippen molar-refractivity contribution in [1.82, 2.24) is 10.2 Å². The predicted octanol–water partition coefficient (Wildman–Crippen LogP) is 1.62. The summed E-state index contributed by atoms with van der Waals surface area (Å²) < 4.78 is 0. The third kappa shape index (κ3) is 2.83. The van der Waals surface area contributed by atoms with Gasteiger partial charge in [-0.1, -0.05) is 30.3 Å². The van der Waals surface area contributed by atoms with Crippen LogP contribution in [0.3, 0.4) is 0 Å². The molecule has 2 aliphatic rings. The average Bonchev–Trinajstić information content (AvgIpc) is 2.46. The van der Waals surface area contributed by atoms with Crippen LogP contribution in [0.25, 0.3) is 0 Å². The first-order valence-electron chi connectivity index (χ1n) is 7.44. The van der Waals surface area contributed by atoms with E-state index in [2.05, 4.69) is 40.5 Å². The average molecular weight is 260 g/mol. The smallest absolute Gasteiger partial charge is 0.0722 e. The van der Waals surface area contributed by atoms with Crippen LogP contribution in [0.5, 0.6) is 0 Å². The molecule has 1 atom stereocenters. The molecule has 2 aliphatic heterocycles. The molecule has 2 N–H and O–H groups in total. The highest BCUT2D eigenvalue weighted by molar-refractivity contribution is 5.14. The first kappa shape index (κ1) is 13.1. The standard InChI is InChI=1S/C16H24N2O/c19-15-12-17-9-6-16(15)7-10-18(11-8-16)13-14-4-2-1-3-5-14/h1-5,15,17,19H,6-13H2. The molecule has 0 radical (unpaired) electrons. The molecular weight excluding hydrogens is 236 g/mol. The van der Waals surface area contributed by atoms with Crippen molar-refractivity contribution in [2.75, 3.05) is 26.2 Å². The zero-order valence-corrected chi connectivity index (χ0v) is 11.5. The van der Waals surface area contributed by atoms with Gasteiger partial charge in [-0.25, -0.2) is 0 Å². The summed E-state index contributed by atoms with van der Waals surface area (Å²) in [6.45, 7) is 5.12. The van der Waals surface area contributed by atoms with E-state index in [0.29, 0.717) is 0 Å². The van der Waals surface area contributed by atoms with Gasteiger partial charge in [0.1, 0.15) is 0 Å². The quantitative estimate of drug-likeness (QED) is 0.848. The maximum Gasteiger partial charge on any atom is 0.0722 e. The van der Waals surface area contributed by atoms with Crippen LogP contribution in [0.15, 0.2) is 30.3 Å². The van der Waals surface area contributed by atoms with Crippen LogP contribution in [-0.4, -0.2) is 42.3 Å². The van der Waals surface area contributed by atoms with Gasteiger partial charge in [0.2, 0.25) is 0 Å². The number of aliphatic hydroxyl groups excluding tert-OH is 1. The SMILES string of the molecule is OC1CNCCC12CCN(Cc1ccccc1)CC2. The van der Waals surface area contributed by atoms with Crippen LogP contribution in [0.1, 0.15) is 24.8 Å². The second-order valence-electron chi connectivity index (χ2n) is 6.09. The van der Waals surface area contributed by atoms with Crippen molar-refractivity contribution >= 4 is 0 Å². The fourth-order valence-electron chi connectivity index (χ4n) is 3.54. The number of benzene rings is 1. The van der Waals surface area contributed by atoms with E-state index in [4.69, 9.17) is 0 Å². The fourth-order valence-corrected chi connectivity index (χ4v) is 3.54. The van der Waals surface area contributed by atoms with Crippen molar-refractivity contribution in [2.45, 2.75) is 31.9 Å². The topological polar surface area (TPSA) is 35.5 Å². The molecule has 0 bridgehead atoms. The monoisotopic (exact) mass is 260 g/mol. The second kappa shape index (κ2) is 5.61. The van der Waals surface area contributed by atoms with Gasteiger partial charge in [0, 0.05) is 18.5 Å². The Morgan fingerprint density at radius 2 is 1.89 bits per heavy atom. The first-order valence-corrected chi connectivity index (χ1v) is 7.44. The maximum atomic E-state index is 10.3. The van der Waals surface area contributed by atoms with Crippen LogP contribution in [0.4, 0.5) is 0 Å². The molecule has 3 nitrogen and oxygen atoms in total. The van der Waals surface area contributed by atoms with Crippen molar-refractivity contribution in [3.8, 4) is 0 Å². The molecule has 1 unspecified atom stereocenters. The number of likely N-dealkylation sites (tertiary alicyclic amines) is 1. The maximum absolute atomic E-state index is 10.3. The van der Waals surface area contributed by atoms with Gasteiger partial charge in [-0.3, -0.25) is 4.90 Å². The molecule has 2 saturated heterocycles. The predicted molar refractivity (Wildman–Crippen MR) is 76.9 cm³/mol. The molecule has 0 aromatic heterocycles. The van der Waals surface area contributed by atoms with Crippen molar-refractivity contribution in [3.63, 3.8) is 0 Å². The summed E-state index contributed by atoms with van der Waals surface area (Å²) in [5.41, 5.74) is 1.59. The molecule has 3 rings (SSSR count). The zero-order chi connectivity index (χ0) is 13.1. The number of β-amino-alcohol motifs (C(OH)–C–C–N with tert-alkyl or cyclic N) is 1. The molecule has 104 valence electrons. The number of piperidine rings is 2. The molecule has 1 spiro atoms. The van der Waals surface area contributed by atoms with Gasteiger partial charge < -0.3 is 10.4 Å². The summed E-state index contributed by atoms with van der Waals surface area (Å²) in [6, 6.07) is 10.7. The molecule has 2 fully saturated rings. The van der Waals surface area contributed by atoms with Gasteiger partial charge in [0.05, 0.1) is 6.10 Å². The van der Waals surface area contributed by atoms with Gasteiger partial charge >= 0.3 is 0 Å². The molecule has 0 aliphatic carbocycles. The van der Waals surface area contributed by atoms with Gasteiger partial charge in [0.15, 0.2) is 0 Å². The molecule has 0 saturated carbocycles. The Labute approximate surface area is 115 Å². The summed E-state index contributed by atoms with van der Waals surface area (Å²) in [7, 11) is 0. The van der Waals surface area contributed by atoms with E-state index in [1.807, 2.05) is 0 Å². The van der Waals surface area contributed by atoms with E-state index in [1.54, 1.807) is 0 Å². The fraction of sp³-hybridized carbons (Fsp3) is 0.625. The number of aliphatic hydroxyl groups is 1. The molecular formula is C16H24N2O. The van der Waals surface area contributed by atoms with Gasteiger partial charge in [-0.05, 0) is 44.5 Å². The molecule has 19 heavy (non-hydrogen) atoms. The lowest BCUT2D eigenvalue weighted by atomic mass is 9.69. The van der Waals surface area contributed by atoms with E-state index < -0.39 is 0 Å². The number of nitrogens with zero attached hydrogens (tertiary/aromatic N) is 1. The third-order valence-electron chi connectivity index (χ3n) is 4.95. The Kier molecular flexibility index (Phi) is 3.87. The van der Waals surface area contributed by atoms with Gasteiger partial charge in [-0.15, -0.1) is 0 Å². The lowest BCUT2D eigenvalue weighted by Crippen LogP contribution is -2.53. The minimum Gasteiger partial charge on any atom is -0.391 e. The van der Waals surface area contributed by atoms with Crippen LogP contribution in [0, 0.1) is 5.41 Å². The highest BCUT2D eigenvalue weighted by Gasteiger charge is 2.41. The van der Waals surface area contributed by atoms with Crippen LogP contribution in [-0.2, 0) is 6.54 Å². The molecule has 2 heterocycles. The van der Waals surface area contributed by atoms with Crippen molar-refractivity contribution in [3.05, 3.63) is 35.9 Å². The Morgan fingerprint density at radius 3 is 2.58 bits per heavy atom. The van der Waals surface area contributed by atoms with Gasteiger partial charge in [-0.2, -0.15) is 0 Å². The number of nitrogens with one attached hydrogen (secondary N) is 1. The normalized spacial score (nSPS) is 27.5. The lowest BCUT2D eigenvalue weighted by molar-refractivity contribution is -0.0448. The highest BCUT2D eigenvalue weighted by Crippen LogP contribution is 2.39. The Morgan fingerprint density at radius 1 is 1.16 bits per heavy atom. The zero-order valence-electron chi connectivity index (χ0n) is 11.5. The Hall–Kier alpha value is -0.900.